The van der Waals surface area contributed by atoms with Crippen molar-refractivity contribution in [3.63, 3.8) is 0 Å². The predicted octanol–water partition coefficient (Wildman–Crippen LogP) is 6.31. The van der Waals surface area contributed by atoms with Gasteiger partial charge in [-0.05, 0) is 61.6 Å². The molecule has 1 N–H and O–H groups in total. The van der Waals surface area contributed by atoms with Gasteiger partial charge in [0.15, 0.2) is 0 Å². The Morgan fingerprint density at radius 3 is 2.00 bits per heavy atom. The molecular weight excluding hydrogens is 292 g/mol. The lowest BCUT2D eigenvalue weighted by Gasteiger charge is -2.12. The third-order valence-corrected chi connectivity index (χ3v) is 5.14. The van der Waals surface area contributed by atoms with Crippen LogP contribution in [0.4, 0.5) is 0 Å². The number of fused-ring (bicyclic) bond motifs is 7. The molecule has 1 nitrogen and oxygen atoms in total. The van der Waals surface area contributed by atoms with Crippen LogP contribution in [0.2, 0.25) is 0 Å². The lowest BCUT2D eigenvalue weighted by atomic mass is 9.92. The molecule has 5 rings (SSSR count). The Morgan fingerprint density at radius 2 is 1.12 bits per heavy atom. The van der Waals surface area contributed by atoms with E-state index in [2.05, 4.69) is 60.7 Å². The van der Waals surface area contributed by atoms with Crippen molar-refractivity contribution in [1.29, 1.82) is 0 Å². The van der Waals surface area contributed by atoms with Crippen LogP contribution in [-0.2, 0) is 0 Å². The van der Waals surface area contributed by atoms with E-state index in [9.17, 15) is 5.11 Å². The van der Waals surface area contributed by atoms with Gasteiger partial charge < -0.3 is 5.11 Å². The second kappa shape index (κ2) is 4.72. The third kappa shape index (κ3) is 1.70. The zero-order valence-corrected chi connectivity index (χ0v) is 13.4. The number of aryl methyl sites for hydroxylation is 1. The van der Waals surface area contributed by atoms with Crippen molar-refractivity contribution < 1.29 is 5.11 Å². The first-order valence-corrected chi connectivity index (χ1v) is 8.19. The Balaban J connectivity index is 2.04. The van der Waals surface area contributed by atoms with Gasteiger partial charge in [0.05, 0.1) is 0 Å². The van der Waals surface area contributed by atoms with Crippen molar-refractivity contribution in [2.45, 2.75) is 6.92 Å². The molecule has 0 fully saturated rings. The van der Waals surface area contributed by atoms with Gasteiger partial charge in [-0.1, -0.05) is 66.7 Å². The molecule has 5 aromatic carbocycles. The lowest BCUT2D eigenvalue weighted by Crippen LogP contribution is -1.85. The summed E-state index contributed by atoms with van der Waals surface area (Å²) >= 11 is 0. The van der Waals surface area contributed by atoms with Crippen molar-refractivity contribution in [3.8, 4) is 5.75 Å². The van der Waals surface area contributed by atoms with Crippen molar-refractivity contribution >= 4 is 43.1 Å². The minimum absolute atomic E-state index is 0.355. The molecule has 0 atom stereocenters. The zero-order chi connectivity index (χ0) is 16.3. The highest BCUT2D eigenvalue weighted by atomic mass is 16.3. The van der Waals surface area contributed by atoms with Crippen molar-refractivity contribution in [2.75, 3.05) is 0 Å². The zero-order valence-electron chi connectivity index (χ0n) is 13.4. The molecule has 1 heteroatoms. The van der Waals surface area contributed by atoms with Gasteiger partial charge in [-0.15, -0.1) is 0 Å². The topological polar surface area (TPSA) is 20.2 Å². The molecule has 0 radical (unpaired) electrons. The van der Waals surface area contributed by atoms with E-state index < -0.39 is 0 Å². The largest absolute Gasteiger partial charge is 0.508 e. The Morgan fingerprint density at radius 1 is 0.542 bits per heavy atom. The molecule has 0 aliphatic rings. The Bertz CT molecular complexity index is 1270. The Hall–Kier alpha value is -3.06. The molecule has 0 heterocycles. The van der Waals surface area contributed by atoms with Gasteiger partial charge in [-0.2, -0.15) is 0 Å². The number of aromatic hydroxyl groups is 1. The lowest BCUT2D eigenvalue weighted by molar-refractivity contribution is 0.472. The summed E-state index contributed by atoms with van der Waals surface area (Å²) in [4.78, 5) is 0. The maximum absolute atomic E-state index is 10.1. The van der Waals surface area contributed by atoms with Crippen LogP contribution in [0.3, 0.4) is 0 Å². The van der Waals surface area contributed by atoms with Crippen LogP contribution in [0.25, 0.3) is 43.1 Å². The van der Waals surface area contributed by atoms with Gasteiger partial charge in [0.2, 0.25) is 0 Å². The van der Waals surface area contributed by atoms with E-state index in [1.807, 2.05) is 13.0 Å². The van der Waals surface area contributed by atoms with Crippen molar-refractivity contribution in [2.24, 2.45) is 0 Å². The highest BCUT2D eigenvalue weighted by Crippen LogP contribution is 2.37. The van der Waals surface area contributed by atoms with E-state index in [1.54, 1.807) is 6.07 Å². The molecule has 0 aromatic heterocycles. The fourth-order valence-electron chi connectivity index (χ4n) is 3.90. The highest BCUT2D eigenvalue weighted by molar-refractivity contribution is 6.22. The monoisotopic (exact) mass is 308 g/mol. The van der Waals surface area contributed by atoms with E-state index in [1.165, 1.54) is 32.3 Å². The number of rotatable bonds is 0. The number of phenolic OH excluding ortho intramolecular Hbond substituents is 1. The van der Waals surface area contributed by atoms with Gasteiger partial charge >= 0.3 is 0 Å². The maximum Gasteiger partial charge on any atom is 0.119 e. The smallest absolute Gasteiger partial charge is 0.119 e. The van der Waals surface area contributed by atoms with Crippen molar-refractivity contribution in [3.05, 3.63) is 78.4 Å². The maximum atomic E-state index is 10.1. The molecule has 114 valence electrons. The van der Waals surface area contributed by atoms with Crippen LogP contribution in [0.1, 0.15) is 5.56 Å². The normalized spacial score (nSPS) is 11.7. The average Bonchev–Trinajstić information content (AvgIpc) is 2.63. The molecule has 0 spiro atoms. The summed E-state index contributed by atoms with van der Waals surface area (Å²) in [5.74, 6) is 0.355. The summed E-state index contributed by atoms with van der Waals surface area (Å²) in [5.41, 5.74) is 0.943. The first kappa shape index (κ1) is 13.4. The van der Waals surface area contributed by atoms with Crippen LogP contribution in [0.15, 0.2) is 72.8 Å². The fourth-order valence-corrected chi connectivity index (χ4v) is 3.90. The van der Waals surface area contributed by atoms with Gasteiger partial charge in [0.25, 0.3) is 0 Å². The van der Waals surface area contributed by atoms with Gasteiger partial charge in [0.1, 0.15) is 5.75 Å². The molecule has 0 saturated carbocycles. The average molecular weight is 308 g/mol. The summed E-state index contributed by atoms with van der Waals surface area (Å²) in [5, 5.41) is 20.0. The number of hydrogen-bond donors (Lipinski definition) is 1. The Labute approximate surface area is 139 Å². The molecule has 0 bridgehead atoms. The van der Waals surface area contributed by atoms with Crippen molar-refractivity contribution in [1.82, 2.24) is 0 Å². The molecular formula is C23H16O. The number of phenols is 1. The highest BCUT2D eigenvalue weighted by Gasteiger charge is 2.10. The van der Waals surface area contributed by atoms with Crippen LogP contribution in [0, 0.1) is 6.92 Å². The Kier molecular flexibility index (Phi) is 2.63. The van der Waals surface area contributed by atoms with Gasteiger partial charge in [0, 0.05) is 0 Å². The van der Waals surface area contributed by atoms with E-state index in [-0.39, 0.29) is 0 Å². The molecule has 24 heavy (non-hydrogen) atoms. The minimum atomic E-state index is 0.355. The van der Waals surface area contributed by atoms with Crippen LogP contribution >= 0.6 is 0 Å². The standard InChI is InChI=1S/C23H16O/c1-14-22(24)13-8-16-7-10-20-19-9-6-15-4-2-3-5-17(15)18(19)11-12-21(20)23(14)16/h2-13,24H,1H3. The van der Waals surface area contributed by atoms with Crippen LogP contribution in [-0.4, -0.2) is 5.11 Å². The molecule has 0 amide bonds. The molecule has 5 aromatic rings. The second-order valence-electron chi connectivity index (χ2n) is 6.42. The second-order valence-corrected chi connectivity index (χ2v) is 6.42. The van der Waals surface area contributed by atoms with E-state index in [4.69, 9.17) is 0 Å². The SMILES string of the molecule is Cc1c(O)ccc2ccc3c4ccc5ccccc5c4ccc3c12. The van der Waals surface area contributed by atoms with Gasteiger partial charge in [-0.25, -0.2) is 0 Å². The van der Waals surface area contributed by atoms with E-state index in [0.29, 0.717) is 5.75 Å². The molecule has 0 aliphatic heterocycles. The minimum Gasteiger partial charge on any atom is -0.508 e. The first-order chi connectivity index (χ1) is 11.7. The number of benzene rings is 5. The summed E-state index contributed by atoms with van der Waals surface area (Å²) in [6.45, 7) is 1.99. The van der Waals surface area contributed by atoms with Crippen LogP contribution in [0.5, 0.6) is 5.75 Å². The predicted molar refractivity (Wildman–Crippen MR) is 103 cm³/mol. The molecule has 0 aliphatic carbocycles. The molecule has 0 unspecified atom stereocenters. The summed E-state index contributed by atoms with van der Waals surface area (Å²) in [6, 6.07) is 25.4. The summed E-state index contributed by atoms with van der Waals surface area (Å²) < 4.78 is 0. The summed E-state index contributed by atoms with van der Waals surface area (Å²) in [7, 11) is 0. The van der Waals surface area contributed by atoms with E-state index in [0.717, 1.165) is 16.3 Å². The quantitative estimate of drug-likeness (QED) is 0.332. The third-order valence-electron chi connectivity index (χ3n) is 5.14. The van der Waals surface area contributed by atoms with Crippen LogP contribution < -0.4 is 0 Å². The summed E-state index contributed by atoms with van der Waals surface area (Å²) in [6.07, 6.45) is 0. The van der Waals surface area contributed by atoms with E-state index >= 15 is 0 Å². The molecule has 0 saturated heterocycles. The fraction of sp³-hybridized carbons (Fsp3) is 0.0435. The van der Waals surface area contributed by atoms with Gasteiger partial charge in [-0.3, -0.25) is 0 Å². The number of hydrogen-bond acceptors (Lipinski definition) is 1. The first-order valence-electron chi connectivity index (χ1n) is 8.19.